The first-order valence-corrected chi connectivity index (χ1v) is 5.52. The Kier molecular flexibility index (Phi) is 3.68. The zero-order valence-electron chi connectivity index (χ0n) is 9.61. The van der Waals surface area contributed by atoms with Crippen LogP contribution in [0.3, 0.4) is 0 Å². The molecule has 6 heteroatoms. The van der Waals surface area contributed by atoms with Gasteiger partial charge in [0.15, 0.2) is 0 Å². The second kappa shape index (κ2) is 5.22. The van der Waals surface area contributed by atoms with Crippen molar-refractivity contribution in [2.45, 2.75) is 18.6 Å². The third-order valence-electron chi connectivity index (χ3n) is 2.67. The predicted octanol–water partition coefficient (Wildman–Crippen LogP) is -0.267. The molecule has 2 aromatic rings. The van der Waals surface area contributed by atoms with E-state index in [0.29, 0.717) is 24.4 Å². The molecule has 0 aromatic carbocycles. The van der Waals surface area contributed by atoms with E-state index < -0.39 is 12.2 Å². The van der Waals surface area contributed by atoms with E-state index in [1.165, 1.54) is 6.20 Å². The number of aliphatic hydroxyl groups is 2. The van der Waals surface area contributed by atoms with Crippen molar-refractivity contribution in [3.05, 3.63) is 30.4 Å². The molecule has 0 saturated heterocycles. The third-order valence-corrected chi connectivity index (χ3v) is 2.67. The highest BCUT2D eigenvalue weighted by molar-refractivity contribution is 5.31. The molecule has 92 valence electrons. The van der Waals surface area contributed by atoms with Crippen LogP contribution in [0.5, 0.6) is 0 Å². The maximum absolute atomic E-state index is 10.0. The van der Waals surface area contributed by atoms with Crippen LogP contribution in [-0.4, -0.2) is 44.3 Å². The van der Waals surface area contributed by atoms with Gasteiger partial charge in [0.25, 0.3) is 0 Å². The average Bonchev–Trinajstić information content (AvgIpc) is 2.78. The first-order valence-electron chi connectivity index (χ1n) is 5.52. The summed E-state index contributed by atoms with van der Waals surface area (Å²) in [5.74, 6) is 0.516. The quantitative estimate of drug-likeness (QED) is 0.666. The summed E-state index contributed by atoms with van der Waals surface area (Å²) in [5, 5.41) is 22.8. The fourth-order valence-electron chi connectivity index (χ4n) is 1.71. The maximum Gasteiger partial charge on any atom is 0.233 e. The number of hydrogen-bond acceptors (Lipinski definition) is 5. The third kappa shape index (κ3) is 2.44. The van der Waals surface area contributed by atoms with Crippen molar-refractivity contribution in [2.75, 3.05) is 13.6 Å². The van der Waals surface area contributed by atoms with Crippen LogP contribution >= 0.6 is 0 Å². The molecule has 17 heavy (non-hydrogen) atoms. The lowest BCUT2D eigenvalue weighted by atomic mass is 10.1. The molecule has 0 spiro atoms. The molecule has 0 aliphatic heterocycles. The van der Waals surface area contributed by atoms with Gasteiger partial charge >= 0.3 is 0 Å². The maximum atomic E-state index is 10.0. The minimum absolute atomic E-state index is 0.477. The van der Waals surface area contributed by atoms with Gasteiger partial charge < -0.3 is 15.5 Å². The fraction of sp³-hybridized carbons (Fsp3) is 0.455. The van der Waals surface area contributed by atoms with Gasteiger partial charge in [-0.15, -0.1) is 0 Å². The minimum Gasteiger partial charge on any atom is -0.390 e. The summed E-state index contributed by atoms with van der Waals surface area (Å²) < 4.78 is 1.67. The SMILES string of the molecule is CNCCC(O)C(O)c1cnc2ncccn12. The molecule has 2 atom stereocenters. The van der Waals surface area contributed by atoms with Crippen molar-refractivity contribution < 1.29 is 10.2 Å². The van der Waals surface area contributed by atoms with E-state index in [-0.39, 0.29) is 0 Å². The zero-order valence-corrected chi connectivity index (χ0v) is 9.61. The molecule has 0 amide bonds. The van der Waals surface area contributed by atoms with Crippen molar-refractivity contribution in [1.29, 1.82) is 0 Å². The molecule has 2 rings (SSSR count). The van der Waals surface area contributed by atoms with E-state index in [1.807, 2.05) is 0 Å². The van der Waals surface area contributed by atoms with E-state index in [9.17, 15) is 10.2 Å². The lowest BCUT2D eigenvalue weighted by Crippen LogP contribution is -2.24. The van der Waals surface area contributed by atoms with Crippen LogP contribution in [0.15, 0.2) is 24.7 Å². The van der Waals surface area contributed by atoms with Crippen LogP contribution < -0.4 is 5.32 Å². The van der Waals surface area contributed by atoms with Crippen molar-refractivity contribution in [2.24, 2.45) is 0 Å². The number of aromatic nitrogens is 3. The Morgan fingerprint density at radius 1 is 1.41 bits per heavy atom. The van der Waals surface area contributed by atoms with Crippen molar-refractivity contribution >= 4 is 5.78 Å². The van der Waals surface area contributed by atoms with Gasteiger partial charge in [0.2, 0.25) is 5.78 Å². The van der Waals surface area contributed by atoms with E-state index in [4.69, 9.17) is 0 Å². The fourth-order valence-corrected chi connectivity index (χ4v) is 1.71. The Morgan fingerprint density at radius 2 is 2.24 bits per heavy atom. The normalized spacial score (nSPS) is 15.0. The number of hydrogen-bond donors (Lipinski definition) is 3. The van der Waals surface area contributed by atoms with Gasteiger partial charge in [-0.05, 0) is 26.1 Å². The van der Waals surface area contributed by atoms with E-state index in [0.717, 1.165) is 0 Å². The van der Waals surface area contributed by atoms with Crippen LogP contribution in [0.25, 0.3) is 5.78 Å². The predicted molar refractivity (Wildman–Crippen MR) is 62.5 cm³/mol. The summed E-state index contributed by atoms with van der Waals surface area (Å²) in [5.41, 5.74) is 0.553. The van der Waals surface area contributed by atoms with Gasteiger partial charge in [0, 0.05) is 12.4 Å². The Balaban J connectivity index is 2.21. The molecule has 2 aromatic heterocycles. The van der Waals surface area contributed by atoms with E-state index >= 15 is 0 Å². The minimum atomic E-state index is -0.956. The van der Waals surface area contributed by atoms with Crippen LogP contribution in [0, 0.1) is 0 Å². The van der Waals surface area contributed by atoms with Crippen molar-refractivity contribution in [1.82, 2.24) is 19.7 Å². The van der Waals surface area contributed by atoms with Crippen molar-refractivity contribution in [3.8, 4) is 0 Å². The van der Waals surface area contributed by atoms with Crippen LogP contribution in [0.4, 0.5) is 0 Å². The lowest BCUT2D eigenvalue weighted by molar-refractivity contribution is 0.0110. The molecule has 2 unspecified atom stereocenters. The molecule has 0 aliphatic carbocycles. The molecule has 0 radical (unpaired) electrons. The Labute approximate surface area is 99.0 Å². The number of aliphatic hydroxyl groups excluding tert-OH is 2. The highest BCUT2D eigenvalue weighted by Crippen LogP contribution is 2.19. The number of nitrogens with zero attached hydrogens (tertiary/aromatic N) is 3. The molecule has 0 aliphatic rings. The van der Waals surface area contributed by atoms with Gasteiger partial charge in [-0.3, -0.25) is 4.40 Å². The van der Waals surface area contributed by atoms with Crippen LogP contribution in [0.2, 0.25) is 0 Å². The van der Waals surface area contributed by atoms with Gasteiger partial charge in [0.05, 0.1) is 18.0 Å². The molecular formula is C11H16N4O2. The number of fused-ring (bicyclic) bond motifs is 1. The smallest absolute Gasteiger partial charge is 0.233 e. The Morgan fingerprint density at radius 3 is 3.00 bits per heavy atom. The van der Waals surface area contributed by atoms with E-state index in [1.54, 1.807) is 29.9 Å². The Bertz CT molecular complexity index is 485. The van der Waals surface area contributed by atoms with E-state index in [2.05, 4.69) is 15.3 Å². The Hall–Kier alpha value is -1.50. The first kappa shape index (κ1) is 12.0. The topological polar surface area (TPSA) is 82.7 Å². The largest absolute Gasteiger partial charge is 0.390 e. The van der Waals surface area contributed by atoms with Crippen LogP contribution in [-0.2, 0) is 0 Å². The molecule has 0 saturated carbocycles. The summed E-state index contributed by atoms with van der Waals surface area (Å²) in [6.45, 7) is 0.646. The van der Waals surface area contributed by atoms with Gasteiger partial charge in [-0.1, -0.05) is 0 Å². The molecule has 6 nitrogen and oxygen atoms in total. The standard InChI is InChI=1S/C11H16N4O2/c1-12-5-3-9(16)10(17)8-7-14-11-13-4-2-6-15(8)11/h2,4,6-7,9-10,12,16-17H,3,5H2,1H3. The summed E-state index contributed by atoms with van der Waals surface area (Å²) in [6, 6.07) is 1.75. The monoisotopic (exact) mass is 236 g/mol. The highest BCUT2D eigenvalue weighted by atomic mass is 16.3. The summed E-state index contributed by atoms with van der Waals surface area (Å²) >= 11 is 0. The number of imidazole rings is 1. The number of nitrogens with one attached hydrogen (secondary N) is 1. The molecule has 3 N–H and O–H groups in total. The molecule has 0 fully saturated rings. The summed E-state index contributed by atoms with van der Waals surface area (Å²) in [6.07, 6.45) is 3.64. The number of rotatable bonds is 5. The molecule has 0 bridgehead atoms. The highest BCUT2D eigenvalue weighted by Gasteiger charge is 2.21. The second-order valence-corrected chi connectivity index (χ2v) is 3.88. The molecular weight excluding hydrogens is 220 g/mol. The average molecular weight is 236 g/mol. The summed E-state index contributed by atoms with van der Waals surface area (Å²) in [7, 11) is 1.80. The second-order valence-electron chi connectivity index (χ2n) is 3.88. The van der Waals surface area contributed by atoms with Gasteiger partial charge in [0.1, 0.15) is 6.10 Å². The van der Waals surface area contributed by atoms with Crippen molar-refractivity contribution in [3.63, 3.8) is 0 Å². The first-order chi connectivity index (χ1) is 8.24. The zero-order chi connectivity index (χ0) is 12.3. The van der Waals surface area contributed by atoms with Gasteiger partial charge in [-0.2, -0.15) is 0 Å². The molecule has 2 heterocycles. The van der Waals surface area contributed by atoms with Gasteiger partial charge in [-0.25, -0.2) is 9.97 Å². The lowest BCUT2D eigenvalue weighted by Gasteiger charge is -2.17. The van der Waals surface area contributed by atoms with Crippen LogP contribution in [0.1, 0.15) is 18.2 Å². The summed E-state index contributed by atoms with van der Waals surface area (Å²) in [4.78, 5) is 8.12.